The van der Waals surface area contributed by atoms with E-state index in [0.29, 0.717) is 13.1 Å². The van der Waals surface area contributed by atoms with Crippen LogP contribution in [0, 0.1) is 5.82 Å². The molecule has 2 aromatic heterocycles. The van der Waals surface area contributed by atoms with E-state index in [-0.39, 0.29) is 28.5 Å². The standard InChI is InChI=1S/C15H17FN4O3/c1-3-19-7-10(15(22)23)12(21)9-6-11(16)14(17-13(9)19)20-5-4-8(2)18-20/h6-8,18H,3-5H2,1-2H3,(H,22,23). The Labute approximate surface area is 131 Å². The van der Waals surface area contributed by atoms with Gasteiger partial charge in [0.25, 0.3) is 0 Å². The van der Waals surface area contributed by atoms with Gasteiger partial charge in [0.1, 0.15) is 11.2 Å². The minimum absolute atomic E-state index is 0.0276. The van der Waals surface area contributed by atoms with Crippen LogP contribution in [0.5, 0.6) is 0 Å². The van der Waals surface area contributed by atoms with Crippen molar-refractivity contribution in [1.82, 2.24) is 15.0 Å². The SMILES string of the molecule is CCn1cc(C(=O)O)c(=O)c2cc(F)c(N3CCC(C)N3)nc21. The lowest BCUT2D eigenvalue weighted by atomic mass is 10.2. The summed E-state index contributed by atoms with van der Waals surface area (Å²) in [7, 11) is 0. The number of anilines is 1. The Morgan fingerprint density at radius 1 is 1.57 bits per heavy atom. The van der Waals surface area contributed by atoms with Gasteiger partial charge in [-0.05, 0) is 26.3 Å². The Morgan fingerprint density at radius 2 is 2.30 bits per heavy atom. The molecule has 3 heterocycles. The molecule has 0 spiro atoms. The van der Waals surface area contributed by atoms with Crippen molar-refractivity contribution in [3.05, 3.63) is 33.9 Å². The number of aromatic carboxylic acids is 1. The highest BCUT2D eigenvalue weighted by Crippen LogP contribution is 2.23. The van der Waals surface area contributed by atoms with Crippen LogP contribution in [0.25, 0.3) is 11.0 Å². The number of carboxylic acids is 1. The summed E-state index contributed by atoms with van der Waals surface area (Å²) in [6.07, 6.45) is 2.11. The molecule has 1 aliphatic heterocycles. The molecular weight excluding hydrogens is 303 g/mol. The molecule has 3 rings (SSSR count). The quantitative estimate of drug-likeness (QED) is 0.888. The van der Waals surface area contributed by atoms with Crippen LogP contribution in [0.1, 0.15) is 30.6 Å². The minimum atomic E-state index is -1.33. The average Bonchev–Trinajstić information content (AvgIpc) is 2.93. The molecule has 0 saturated carbocycles. The third-order valence-corrected chi connectivity index (χ3v) is 3.97. The number of rotatable bonds is 3. The number of hydrogen-bond acceptors (Lipinski definition) is 5. The molecule has 1 saturated heterocycles. The monoisotopic (exact) mass is 320 g/mol. The highest BCUT2D eigenvalue weighted by Gasteiger charge is 2.24. The molecule has 1 unspecified atom stereocenters. The van der Waals surface area contributed by atoms with E-state index in [9.17, 15) is 14.0 Å². The lowest BCUT2D eigenvalue weighted by molar-refractivity contribution is 0.0695. The number of aromatic nitrogens is 2. The summed E-state index contributed by atoms with van der Waals surface area (Å²) in [5.74, 6) is -1.87. The molecule has 0 bridgehead atoms. The summed E-state index contributed by atoms with van der Waals surface area (Å²) in [4.78, 5) is 27.7. The Bertz CT molecular complexity index is 849. The molecule has 2 aromatic rings. The van der Waals surface area contributed by atoms with E-state index < -0.39 is 17.2 Å². The van der Waals surface area contributed by atoms with Crippen LogP contribution in [0.2, 0.25) is 0 Å². The van der Waals surface area contributed by atoms with Gasteiger partial charge >= 0.3 is 5.97 Å². The Morgan fingerprint density at radius 3 is 2.87 bits per heavy atom. The van der Waals surface area contributed by atoms with Gasteiger partial charge in [-0.3, -0.25) is 9.80 Å². The van der Waals surface area contributed by atoms with Crippen molar-refractivity contribution in [1.29, 1.82) is 0 Å². The summed E-state index contributed by atoms with van der Waals surface area (Å²) in [5.41, 5.74) is 2.27. The van der Waals surface area contributed by atoms with E-state index in [1.54, 1.807) is 16.5 Å². The molecule has 0 aliphatic carbocycles. The molecule has 8 heteroatoms. The zero-order valence-electron chi connectivity index (χ0n) is 12.8. The third-order valence-electron chi connectivity index (χ3n) is 3.97. The lowest BCUT2D eigenvalue weighted by Crippen LogP contribution is -2.35. The first kappa shape index (κ1) is 15.4. The number of pyridine rings is 2. The molecule has 7 nitrogen and oxygen atoms in total. The van der Waals surface area contributed by atoms with Crippen molar-refractivity contribution in [2.45, 2.75) is 32.9 Å². The largest absolute Gasteiger partial charge is 0.477 e. The maximum atomic E-state index is 14.4. The molecule has 23 heavy (non-hydrogen) atoms. The summed E-state index contributed by atoms with van der Waals surface area (Å²) < 4.78 is 16.0. The summed E-state index contributed by atoms with van der Waals surface area (Å²) in [6, 6.07) is 1.29. The van der Waals surface area contributed by atoms with Gasteiger partial charge in [-0.1, -0.05) is 0 Å². The van der Waals surface area contributed by atoms with Gasteiger partial charge in [-0.2, -0.15) is 0 Å². The Kier molecular flexibility index (Phi) is 3.77. The second-order valence-electron chi connectivity index (χ2n) is 5.60. The Balaban J connectivity index is 2.25. The lowest BCUT2D eigenvalue weighted by Gasteiger charge is -2.20. The van der Waals surface area contributed by atoms with Crippen LogP contribution in [0.15, 0.2) is 17.1 Å². The van der Waals surface area contributed by atoms with Crippen LogP contribution in [0.3, 0.4) is 0 Å². The van der Waals surface area contributed by atoms with Crippen LogP contribution in [-0.4, -0.2) is 33.2 Å². The third kappa shape index (κ3) is 2.55. The van der Waals surface area contributed by atoms with Gasteiger partial charge in [0, 0.05) is 25.3 Å². The van der Waals surface area contributed by atoms with E-state index in [0.717, 1.165) is 12.5 Å². The Hall–Kier alpha value is -2.48. The molecule has 1 fully saturated rings. The zero-order valence-corrected chi connectivity index (χ0v) is 12.8. The summed E-state index contributed by atoms with van der Waals surface area (Å²) >= 11 is 0. The molecule has 122 valence electrons. The fourth-order valence-electron chi connectivity index (χ4n) is 2.74. The first-order valence-corrected chi connectivity index (χ1v) is 7.43. The van der Waals surface area contributed by atoms with Crippen LogP contribution in [0.4, 0.5) is 10.2 Å². The molecule has 0 aromatic carbocycles. The van der Waals surface area contributed by atoms with Crippen molar-refractivity contribution >= 4 is 22.8 Å². The fourth-order valence-corrected chi connectivity index (χ4v) is 2.74. The number of fused-ring (bicyclic) bond motifs is 1. The maximum Gasteiger partial charge on any atom is 0.341 e. The van der Waals surface area contributed by atoms with Gasteiger partial charge < -0.3 is 9.67 Å². The van der Waals surface area contributed by atoms with Crippen molar-refractivity contribution in [3.8, 4) is 0 Å². The van der Waals surface area contributed by atoms with Crippen molar-refractivity contribution in [2.24, 2.45) is 0 Å². The maximum absolute atomic E-state index is 14.4. The van der Waals surface area contributed by atoms with Gasteiger partial charge in [-0.15, -0.1) is 0 Å². The topological polar surface area (TPSA) is 87.5 Å². The predicted molar refractivity (Wildman–Crippen MR) is 83.2 cm³/mol. The van der Waals surface area contributed by atoms with Crippen LogP contribution < -0.4 is 15.9 Å². The zero-order chi connectivity index (χ0) is 16.7. The summed E-state index contributed by atoms with van der Waals surface area (Å²) in [5, 5.41) is 10.7. The van der Waals surface area contributed by atoms with Gasteiger partial charge in [0.05, 0.1) is 5.39 Å². The first-order chi connectivity index (χ1) is 10.9. The number of aryl methyl sites for hydroxylation is 1. The van der Waals surface area contributed by atoms with E-state index in [2.05, 4.69) is 10.4 Å². The minimum Gasteiger partial charge on any atom is -0.477 e. The molecule has 2 N–H and O–H groups in total. The van der Waals surface area contributed by atoms with Crippen molar-refractivity contribution < 1.29 is 14.3 Å². The number of nitrogens with zero attached hydrogens (tertiary/aromatic N) is 3. The number of carboxylic acid groups (broad SMARTS) is 1. The fraction of sp³-hybridized carbons (Fsp3) is 0.400. The predicted octanol–water partition coefficient (Wildman–Crippen LogP) is 1.36. The number of carbonyl (C=O) groups is 1. The van der Waals surface area contributed by atoms with Crippen molar-refractivity contribution in [3.63, 3.8) is 0 Å². The van der Waals surface area contributed by atoms with E-state index in [1.807, 2.05) is 6.92 Å². The average molecular weight is 320 g/mol. The highest BCUT2D eigenvalue weighted by atomic mass is 19.1. The second-order valence-corrected chi connectivity index (χ2v) is 5.60. The second kappa shape index (κ2) is 5.62. The van der Waals surface area contributed by atoms with Crippen molar-refractivity contribution in [2.75, 3.05) is 11.6 Å². The molecule has 1 atom stereocenters. The first-order valence-electron chi connectivity index (χ1n) is 7.43. The molecular formula is C15H17FN4O3. The van der Waals surface area contributed by atoms with Crippen LogP contribution in [-0.2, 0) is 6.54 Å². The highest BCUT2D eigenvalue weighted by molar-refractivity contribution is 5.92. The van der Waals surface area contributed by atoms with E-state index in [1.165, 1.54) is 6.20 Å². The number of hydrogen-bond donors (Lipinski definition) is 2. The molecule has 1 aliphatic rings. The van der Waals surface area contributed by atoms with Crippen LogP contribution >= 0.6 is 0 Å². The van der Waals surface area contributed by atoms with Gasteiger partial charge in [0.15, 0.2) is 11.6 Å². The number of hydrazine groups is 1. The van der Waals surface area contributed by atoms with Gasteiger partial charge in [-0.25, -0.2) is 19.6 Å². The normalized spacial score (nSPS) is 17.9. The van der Waals surface area contributed by atoms with E-state index in [4.69, 9.17) is 5.11 Å². The van der Waals surface area contributed by atoms with Gasteiger partial charge in [0.2, 0.25) is 5.43 Å². The molecule has 0 amide bonds. The number of halogens is 1. The number of nitrogens with one attached hydrogen (secondary N) is 1. The smallest absolute Gasteiger partial charge is 0.341 e. The molecule has 0 radical (unpaired) electrons. The summed E-state index contributed by atoms with van der Waals surface area (Å²) in [6.45, 7) is 4.82. The van der Waals surface area contributed by atoms with E-state index >= 15 is 0 Å².